The van der Waals surface area contributed by atoms with E-state index < -0.39 is 0 Å². The summed E-state index contributed by atoms with van der Waals surface area (Å²) in [6, 6.07) is 7.46. The standard InChI is InChI=1S/C17H20ClNO3.C2H6/c1-11-9-19(10-13-4-6-14(18)7-5-13)17(21)16(11)15(22-3)8-12(2)20;1-2/h4-8,11,20H,9-10H2,1-3H3;1-2H3/b12-8+,16-15-;. The molecule has 1 N–H and O–H groups in total. The highest BCUT2D eigenvalue weighted by Crippen LogP contribution is 2.29. The number of aliphatic hydroxyl groups is 1. The van der Waals surface area contributed by atoms with Crippen LogP contribution in [0.25, 0.3) is 0 Å². The van der Waals surface area contributed by atoms with Gasteiger partial charge in [-0.25, -0.2) is 0 Å². The minimum Gasteiger partial charge on any atom is -0.512 e. The molecule has 1 amide bonds. The molecule has 0 saturated carbocycles. The summed E-state index contributed by atoms with van der Waals surface area (Å²) in [5.74, 6) is 0.527. The van der Waals surface area contributed by atoms with Crippen molar-refractivity contribution in [1.82, 2.24) is 4.90 Å². The average molecular weight is 352 g/mol. The topological polar surface area (TPSA) is 49.8 Å². The number of rotatable bonds is 4. The molecule has 1 heterocycles. The number of benzene rings is 1. The first-order valence-corrected chi connectivity index (χ1v) is 8.49. The summed E-state index contributed by atoms with van der Waals surface area (Å²) in [6.07, 6.45) is 1.48. The molecule has 5 heteroatoms. The van der Waals surface area contributed by atoms with Gasteiger partial charge >= 0.3 is 0 Å². The van der Waals surface area contributed by atoms with Crippen molar-refractivity contribution in [2.45, 2.75) is 34.2 Å². The van der Waals surface area contributed by atoms with Crippen LogP contribution in [0.2, 0.25) is 5.02 Å². The SMILES string of the molecule is CC.COC(/C=C(\C)O)=C1\C(=O)N(Cc2ccc(Cl)cc2)CC1C. The normalized spacial score (nSPS) is 19.8. The van der Waals surface area contributed by atoms with Gasteiger partial charge in [-0.3, -0.25) is 4.79 Å². The molecule has 1 fully saturated rings. The van der Waals surface area contributed by atoms with Crippen LogP contribution in [-0.2, 0) is 16.1 Å². The molecule has 2 rings (SSSR count). The fourth-order valence-corrected chi connectivity index (χ4v) is 2.74. The Morgan fingerprint density at radius 2 is 1.96 bits per heavy atom. The van der Waals surface area contributed by atoms with Crippen LogP contribution in [0.4, 0.5) is 0 Å². The van der Waals surface area contributed by atoms with E-state index in [9.17, 15) is 9.90 Å². The molecule has 0 spiro atoms. The molecule has 1 aliphatic heterocycles. The number of carbonyl (C=O) groups is 1. The number of likely N-dealkylation sites (tertiary alicyclic amines) is 1. The molecule has 24 heavy (non-hydrogen) atoms. The summed E-state index contributed by atoms with van der Waals surface area (Å²) in [7, 11) is 1.50. The summed E-state index contributed by atoms with van der Waals surface area (Å²) >= 11 is 5.88. The summed E-state index contributed by atoms with van der Waals surface area (Å²) in [5.41, 5.74) is 1.63. The Balaban J connectivity index is 0.00000139. The molecule has 1 aromatic rings. The highest BCUT2D eigenvalue weighted by atomic mass is 35.5. The maximum Gasteiger partial charge on any atom is 0.254 e. The minimum atomic E-state index is -0.0585. The van der Waals surface area contributed by atoms with Crippen LogP contribution in [0.15, 0.2) is 47.4 Å². The maximum atomic E-state index is 12.6. The first-order valence-electron chi connectivity index (χ1n) is 8.11. The number of nitrogens with zero attached hydrogens (tertiary/aromatic N) is 1. The predicted molar refractivity (Wildman–Crippen MR) is 97.8 cm³/mol. The number of methoxy groups -OCH3 is 1. The van der Waals surface area contributed by atoms with Gasteiger partial charge in [-0.05, 0) is 24.6 Å². The fraction of sp³-hybridized carbons (Fsp3) is 0.421. The zero-order chi connectivity index (χ0) is 18.3. The van der Waals surface area contributed by atoms with E-state index in [-0.39, 0.29) is 17.6 Å². The molecule has 132 valence electrons. The van der Waals surface area contributed by atoms with Gasteiger partial charge in [0.15, 0.2) is 0 Å². The minimum absolute atomic E-state index is 0.0466. The smallest absolute Gasteiger partial charge is 0.254 e. The van der Waals surface area contributed by atoms with E-state index >= 15 is 0 Å². The van der Waals surface area contributed by atoms with E-state index in [0.717, 1.165) is 5.56 Å². The summed E-state index contributed by atoms with van der Waals surface area (Å²) in [4.78, 5) is 14.4. The molecule has 1 saturated heterocycles. The molecule has 1 unspecified atom stereocenters. The van der Waals surface area contributed by atoms with Crippen molar-refractivity contribution < 1.29 is 14.6 Å². The largest absolute Gasteiger partial charge is 0.512 e. The molecular weight excluding hydrogens is 326 g/mol. The quantitative estimate of drug-likeness (QED) is 0.631. The Morgan fingerprint density at radius 3 is 2.46 bits per heavy atom. The first kappa shape index (κ1) is 20.1. The zero-order valence-electron chi connectivity index (χ0n) is 15.0. The molecule has 4 nitrogen and oxygen atoms in total. The third-order valence-corrected chi connectivity index (χ3v) is 3.87. The van der Waals surface area contributed by atoms with Crippen molar-refractivity contribution in [1.29, 1.82) is 0 Å². The van der Waals surface area contributed by atoms with E-state index in [2.05, 4.69) is 0 Å². The van der Waals surface area contributed by atoms with E-state index in [1.807, 2.05) is 45.0 Å². The number of aliphatic hydroxyl groups excluding tert-OH is 1. The van der Waals surface area contributed by atoms with Gasteiger partial charge in [-0.2, -0.15) is 0 Å². The second-order valence-electron chi connectivity index (χ2n) is 5.48. The van der Waals surface area contributed by atoms with Crippen LogP contribution in [-0.4, -0.2) is 29.6 Å². The van der Waals surface area contributed by atoms with Gasteiger partial charge in [0.1, 0.15) is 5.76 Å². The van der Waals surface area contributed by atoms with Crippen molar-refractivity contribution in [2.24, 2.45) is 5.92 Å². The van der Waals surface area contributed by atoms with E-state index in [4.69, 9.17) is 16.3 Å². The molecule has 0 radical (unpaired) electrons. The highest BCUT2D eigenvalue weighted by Gasteiger charge is 2.35. The van der Waals surface area contributed by atoms with E-state index in [0.29, 0.717) is 29.4 Å². The molecule has 0 aliphatic carbocycles. The number of amides is 1. The van der Waals surface area contributed by atoms with Crippen molar-refractivity contribution in [3.05, 3.63) is 58.0 Å². The van der Waals surface area contributed by atoms with Crippen LogP contribution >= 0.6 is 11.6 Å². The van der Waals surface area contributed by atoms with Crippen LogP contribution in [0.3, 0.4) is 0 Å². The molecular formula is C19H26ClNO3. The monoisotopic (exact) mass is 351 g/mol. The highest BCUT2D eigenvalue weighted by molar-refractivity contribution is 6.30. The third kappa shape index (κ3) is 5.03. The van der Waals surface area contributed by atoms with Crippen molar-refractivity contribution >= 4 is 17.5 Å². The van der Waals surface area contributed by atoms with Crippen molar-refractivity contribution in [3.63, 3.8) is 0 Å². The van der Waals surface area contributed by atoms with Crippen LogP contribution in [0, 0.1) is 5.92 Å². The molecule has 1 aromatic carbocycles. The second-order valence-corrected chi connectivity index (χ2v) is 5.92. The van der Waals surface area contributed by atoms with Gasteiger partial charge in [0.2, 0.25) is 0 Å². The van der Waals surface area contributed by atoms with Crippen LogP contribution in [0.1, 0.15) is 33.3 Å². The number of allylic oxidation sites excluding steroid dienone is 2. The number of hydrogen-bond donors (Lipinski definition) is 1. The van der Waals surface area contributed by atoms with Crippen LogP contribution in [0.5, 0.6) is 0 Å². The lowest BCUT2D eigenvalue weighted by molar-refractivity contribution is -0.125. The molecule has 1 atom stereocenters. The number of hydrogen-bond acceptors (Lipinski definition) is 3. The van der Waals surface area contributed by atoms with Gasteiger partial charge in [0.25, 0.3) is 5.91 Å². The summed E-state index contributed by atoms with van der Waals surface area (Å²) < 4.78 is 5.28. The lowest BCUT2D eigenvalue weighted by Gasteiger charge is -2.15. The predicted octanol–water partition coefficient (Wildman–Crippen LogP) is 4.71. The fourth-order valence-electron chi connectivity index (χ4n) is 2.62. The van der Waals surface area contributed by atoms with Gasteiger partial charge in [-0.15, -0.1) is 0 Å². The van der Waals surface area contributed by atoms with Gasteiger partial charge in [-0.1, -0.05) is 44.5 Å². The zero-order valence-corrected chi connectivity index (χ0v) is 15.7. The Bertz CT molecular complexity index is 616. The van der Waals surface area contributed by atoms with Crippen LogP contribution < -0.4 is 0 Å². The Kier molecular flexibility index (Phi) is 7.86. The Hall–Kier alpha value is -1.94. The first-order chi connectivity index (χ1) is 11.4. The summed E-state index contributed by atoms with van der Waals surface area (Å²) in [5, 5.41) is 10.1. The van der Waals surface area contributed by atoms with Crippen molar-refractivity contribution in [3.8, 4) is 0 Å². The van der Waals surface area contributed by atoms with Gasteiger partial charge in [0.05, 0.1) is 18.4 Å². The number of ether oxygens (including phenoxy) is 1. The number of halogens is 1. The van der Waals surface area contributed by atoms with Gasteiger partial charge in [0, 0.05) is 30.1 Å². The Morgan fingerprint density at radius 1 is 1.38 bits per heavy atom. The van der Waals surface area contributed by atoms with Gasteiger partial charge < -0.3 is 14.7 Å². The molecule has 0 bridgehead atoms. The van der Waals surface area contributed by atoms with Crippen molar-refractivity contribution in [2.75, 3.05) is 13.7 Å². The lowest BCUT2D eigenvalue weighted by atomic mass is 10.0. The van der Waals surface area contributed by atoms with E-state index in [1.54, 1.807) is 11.8 Å². The molecule has 1 aliphatic rings. The second kappa shape index (κ2) is 9.38. The third-order valence-electron chi connectivity index (χ3n) is 3.62. The summed E-state index contributed by atoms with van der Waals surface area (Å²) in [6.45, 7) is 8.69. The van der Waals surface area contributed by atoms with E-state index in [1.165, 1.54) is 13.2 Å². The number of carbonyl (C=O) groups excluding carboxylic acids is 1. The average Bonchev–Trinajstić information content (AvgIpc) is 2.83. The Labute approximate surface area is 149 Å². The lowest BCUT2D eigenvalue weighted by Crippen LogP contribution is -2.25. The maximum absolute atomic E-state index is 12.6. The molecule has 0 aromatic heterocycles.